The standard InChI is InChI=1S/C15H22BrNO2/c1-12-11-17(7-3-9-19-12)8-6-15(18)13-4-2-5-14(16)10-13/h2,4-5,10,12,15,18H,3,6-9,11H2,1H3. The predicted molar refractivity (Wildman–Crippen MR) is 80.2 cm³/mol. The lowest BCUT2D eigenvalue weighted by atomic mass is 10.1. The average Bonchev–Trinajstić information content (AvgIpc) is 2.60. The van der Waals surface area contributed by atoms with Crippen molar-refractivity contribution >= 4 is 15.9 Å². The molecule has 0 amide bonds. The Balaban J connectivity index is 1.84. The van der Waals surface area contributed by atoms with Crippen molar-refractivity contribution in [2.75, 3.05) is 26.2 Å². The third-order valence-electron chi connectivity index (χ3n) is 3.49. The highest BCUT2D eigenvalue weighted by atomic mass is 79.9. The average molecular weight is 328 g/mol. The second kappa shape index (κ2) is 7.39. The van der Waals surface area contributed by atoms with Crippen LogP contribution in [0.1, 0.15) is 31.4 Å². The smallest absolute Gasteiger partial charge is 0.0802 e. The summed E-state index contributed by atoms with van der Waals surface area (Å²) in [6.07, 6.45) is 1.75. The molecule has 1 fully saturated rings. The number of benzene rings is 1. The van der Waals surface area contributed by atoms with E-state index >= 15 is 0 Å². The number of rotatable bonds is 4. The SMILES string of the molecule is CC1CN(CCC(O)c2cccc(Br)c2)CCCO1. The Bertz CT molecular complexity index is 399. The number of hydrogen-bond acceptors (Lipinski definition) is 3. The van der Waals surface area contributed by atoms with Crippen molar-refractivity contribution < 1.29 is 9.84 Å². The van der Waals surface area contributed by atoms with Crippen LogP contribution >= 0.6 is 15.9 Å². The molecule has 4 heteroatoms. The van der Waals surface area contributed by atoms with Crippen molar-refractivity contribution in [1.82, 2.24) is 4.90 Å². The Labute approximate surface area is 123 Å². The molecule has 106 valence electrons. The molecule has 2 atom stereocenters. The first kappa shape index (κ1) is 15.0. The van der Waals surface area contributed by atoms with E-state index in [4.69, 9.17) is 4.74 Å². The van der Waals surface area contributed by atoms with Crippen molar-refractivity contribution in [3.8, 4) is 0 Å². The Kier molecular flexibility index (Phi) is 5.82. The van der Waals surface area contributed by atoms with Gasteiger partial charge in [-0.15, -0.1) is 0 Å². The van der Waals surface area contributed by atoms with E-state index in [9.17, 15) is 5.11 Å². The number of hydrogen-bond donors (Lipinski definition) is 1. The van der Waals surface area contributed by atoms with Crippen LogP contribution in [-0.2, 0) is 4.74 Å². The molecule has 0 bridgehead atoms. The van der Waals surface area contributed by atoms with E-state index in [-0.39, 0.29) is 0 Å². The molecule has 0 aliphatic carbocycles. The summed E-state index contributed by atoms with van der Waals surface area (Å²) in [5.74, 6) is 0. The van der Waals surface area contributed by atoms with Gasteiger partial charge in [-0.1, -0.05) is 28.1 Å². The van der Waals surface area contributed by atoms with Gasteiger partial charge in [0.15, 0.2) is 0 Å². The number of aliphatic hydroxyl groups excluding tert-OH is 1. The summed E-state index contributed by atoms with van der Waals surface area (Å²) >= 11 is 3.44. The van der Waals surface area contributed by atoms with E-state index in [1.54, 1.807) is 0 Å². The Morgan fingerprint density at radius 2 is 2.37 bits per heavy atom. The minimum Gasteiger partial charge on any atom is -0.388 e. The minimum absolute atomic E-state index is 0.297. The van der Waals surface area contributed by atoms with E-state index in [2.05, 4.69) is 27.8 Å². The molecule has 1 aromatic rings. The summed E-state index contributed by atoms with van der Waals surface area (Å²) in [6.45, 7) is 5.91. The maximum atomic E-state index is 10.2. The zero-order valence-corrected chi connectivity index (χ0v) is 13.0. The second-order valence-corrected chi connectivity index (χ2v) is 6.11. The summed E-state index contributed by atoms with van der Waals surface area (Å²) in [6, 6.07) is 7.90. The largest absolute Gasteiger partial charge is 0.388 e. The lowest BCUT2D eigenvalue weighted by molar-refractivity contribution is 0.0644. The van der Waals surface area contributed by atoms with Gasteiger partial charge < -0.3 is 14.7 Å². The maximum Gasteiger partial charge on any atom is 0.0802 e. The first-order valence-electron chi connectivity index (χ1n) is 6.92. The lowest BCUT2D eigenvalue weighted by Crippen LogP contribution is -2.31. The van der Waals surface area contributed by atoms with Crippen LogP contribution in [-0.4, -0.2) is 42.4 Å². The van der Waals surface area contributed by atoms with E-state index in [0.29, 0.717) is 6.10 Å². The quantitative estimate of drug-likeness (QED) is 0.922. The van der Waals surface area contributed by atoms with Gasteiger partial charge >= 0.3 is 0 Å². The number of ether oxygens (including phenoxy) is 1. The van der Waals surface area contributed by atoms with Gasteiger partial charge in [-0.2, -0.15) is 0 Å². The number of halogens is 1. The molecule has 0 aromatic heterocycles. The summed E-state index contributed by atoms with van der Waals surface area (Å²) < 4.78 is 6.64. The van der Waals surface area contributed by atoms with Gasteiger partial charge in [0, 0.05) is 30.7 Å². The minimum atomic E-state index is -0.392. The van der Waals surface area contributed by atoms with Crippen molar-refractivity contribution in [3.63, 3.8) is 0 Å². The Morgan fingerprint density at radius 1 is 1.53 bits per heavy atom. The molecule has 1 aromatic carbocycles. The van der Waals surface area contributed by atoms with Crippen molar-refractivity contribution in [3.05, 3.63) is 34.3 Å². The van der Waals surface area contributed by atoms with E-state index in [1.165, 1.54) is 0 Å². The highest BCUT2D eigenvalue weighted by Crippen LogP contribution is 2.21. The monoisotopic (exact) mass is 327 g/mol. The molecule has 19 heavy (non-hydrogen) atoms. The Morgan fingerprint density at radius 3 is 3.16 bits per heavy atom. The lowest BCUT2D eigenvalue weighted by Gasteiger charge is -2.23. The van der Waals surface area contributed by atoms with Crippen LogP contribution in [0.3, 0.4) is 0 Å². The third kappa shape index (κ3) is 4.88. The van der Waals surface area contributed by atoms with Crippen LogP contribution in [0, 0.1) is 0 Å². The van der Waals surface area contributed by atoms with Gasteiger partial charge in [-0.3, -0.25) is 0 Å². The topological polar surface area (TPSA) is 32.7 Å². The first-order valence-corrected chi connectivity index (χ1v) is 7.72. The van der Waals surface area contributed by atoms with Gasteiger partial charge in [0.2, 0.25) is 0 Å². The first-order chi connectivity index (χ1) is 9.15. The predicted octanol–water partition coefficient (Wildman–Crippen LogP) is 2.98. The molecule has 1 N–H and O–H groups in total. The molecule has 2 unspecified atom stereocenters. The van der Waals surface area contributed by atoms with Crippen LogP contribution < -0.4 is 0 Å². The van der Waals surface area contributed by atoms with Crippen LogP contribution in [0.2, 0.25) is 0 Å². The second-order valence-electron chi connectivity index (χ2n) is 5.20. The summed E-state index contributed by atoms with van der Waals surface area (Å²) in [5, 5.41) is 10.2. The molecule has 1 heterocycles. The van der Waals surface area contributed by atoms with Gasteiger partial charge in [0.05, 0.1) is 12.2 Å². The summed E-state index contributed by atoms with van der Waals surface area (Å²) in [7, 11) is 0. The van der Waals surface area contributed by atoms with Gasteiger partial charge in [-0.25, -0.2) is 0 Å². The molecule has 1 aliphatic rings. The van der Waals surface area contributed by atoms with E-state index in [1.807, 2.05) is 24.3 Å². The van der Waals surface area contributed by atoms with Crippen LogP contribution in [0.25, 0.3) is 0 Å². The molecule has 1 aliphatic heterocycles. The van der Waals surface area contributed by atoms with Crippen molar-refractivity contribution in [2.45, 2.75) is 32.0 Å². The fourth-order valence-electron chi connectivity index (χ4n) is 2.47. The fourth-order valence-corrected chi connectivity index (χ4v) is 2.89. The van der Waals surface area contributed by atoms with Gasteiger partial charge in [0.25, 0.3) is 0 Å². The zero-order chi connectivity index (χ0) is 13.7. The Hall–Kier alpha value is -0.420. The molecule has 0 radical (unpaired) electrons. The highest BCUT2D eigenvalue weighted by molar-refractivity contribution is 9.10. The molecular weight excluding hydrogens is 306 g/mol. The van der Waals surface area contributed by atoms with E-state index < -0.39 is 6.10 Å². The molecular formula is C15H22BrNO2. The molecule has 2 rings (SSSR count). The highest BCUT2D eigenvalue weighted by Gasteiger charge is 2.16. The normalized spacial score (nSPS) is 23.0. The molecule has 3 nitrogen and oxygen atoms in total. The molecule has 0 spiro atoms. The van der Waals surface area contributed by atoms with Crippen LogP contribution in [0.5, 0.6) is 0 Å². The van der Waals surface area contributed by atoms with E-state index in [0.717, 1.165) is 49.1 Å². The van der Waals surface area contributed by atoms with Gasteiger partial charge in [-0.05, 0) is 37.5 Å². The maximum absolute atomic E-state index is 10.2. The van der Waals surface area contributed by atoms with Crippen LogP contribution in [0.15, 0.2) is 28.7 Å². The van der Waals surface area contributed by atoms with Gasteiger partial charge in [0.1, 0.15) is 0 Å². The summed E-state index contributed by atoms with van der Waals surface area (Å²) in [4.78, 5) is 2.39. The van der Waals surface area contributed by atoms with Crippen molar-refractivity contribution in [2.24, 2.45) is 0 Å². The summed E-state index contributed by atoms with van der Waals surface area (Å²) in [5.41, 5.74) is 0.980. The zero-order valence-electron chi connectivity index (χ0n) is 11.4. The molecule has 1 saturated heterocycles. The molecule has 0 saturated carbocycles. The fraction of sp³-hybridized carbons (Fsp3) is 0.600. The number of aliphatic hydroxyl groups is 1. The third-order valence-corrected chi connectivity index (χ3v) is 3.98. The van der Waals surface area contributed by atoms with Crippen molar-refractivity contribution in [1.29, 1.82) is 0 Å². The number of nitrogens with zero attached hydrogens (tertiary/aromatic N) is 1. The van der Waals surface area contributed by atoms with Crippen LogP contribution in [0.4, 0.5) is 0 Å².